The Morgan fingerprint density at radius 1 is 1.47 bits per heavy atom. The first-order valence-corrected chi connectivity index (χ1v) is 4.98. The first-order chi connectivity index (χ1) is 8.12. The molecule has 0 saturated carbocycles. The lowest BCUT2D eigenvalue weighted by Gasteiger charge is -2.15. The summed E-state index contributed by atoms with van der Waals surface area (Å²) >= 11 is 0. The predicted octanol–water partition coefficient (Wildman–Crippen LogP) is -1.24. The fourth-order valence-corrected chi connectivity index (χ4v) is 1.40. The number of hydrogen-bond acceptors (Lipinski definition) is 6. The lowest BCUT2D eigenvalue weighted by molar-refractivity contribution is -0.114. The molecule has 17 heavy (non-hydrogen) atoms. The van der Waals surface area contributed by atoms with E-state index in [1.165, 1.54) is 12.3 Å². The summed E-state index contributed by atoms with van der Waals surface area (Å²) in [4.78, 5) is 36.4. The van der Waals surface area contributed by atoms with Crippen molar-refractivity contribution in [2.24, 2.45) is 5.92 Å². The Morgan fingerprint density at radius 3 is 2.65 bits per heavy atom. The Kier molecular flexibility index (Phi) is 4.53. The molecule has 0 aliphatic heterocycles. The second-order valence-corrected chi connectivity index (χ2v) is 3.56. The number of aromatic nitrogens is 2. The Balaban J connectivity index is 2.97. The molecule has 1 aromatic rings. The number of nitrogens with zero attached hydrogens (tertiary/aromatic N) is 2. The van der Waals surface area contributed by atoms with E-state index in [9.17, 15) is 14.4 Å². The van der Waals surface area contributed by atoms with Crippen LogP contribution in [0.4, 0.5) is 5.82 Å². The lowest BCUT2D eigenvalue weighted by Crippen LogP contribution is -2.30. The molecule has 7 heteroatoms. The number of aliphatic hydroxyl groups is 1. The number of carbonyl (C=O) groups excluding carboxylic acids is 2. The highest BCUT2D eigenvalue weighted by Gasteiger charge is 2.17. The third kappa shape index (κ3) is 3.22. The summed E-state index contributed by atoms with van der Waals surface area (Å²) in [6.45, 7) is -0.370. The summed E-state index contributed by atoms with van der Waals surface area (Å²) in [7, 11) is 0. The molecule has 1 aromatic heterocycles. The maximum Gasteiger partial charge on any atom is 0.350 e. The van der Waals surface area contributed by atoms with E-state index in [-0.39, 0.29) is 18.8 Å². The fourth-order valence-electron chi connectivity index (χ4n) is 1.40. The number of rotatable bonds is 6. The molecule has 1 heterocycles. The zero-order valence-electron chi connectivity index (χ0n) is 9.02. The number of nitrogens with two attached hydrogens (primary N) is 1. The molecule has 0 bridgehead atoms. The third-order valence-corrected chi connectivity index (χ3v) is 2.34. The van der Waals surface area contributed by atoms with Crippen LogP contribution in [0.2, 0.25) is 0 Å². The molecule has 0 spiro atoms. The van der Waals surface area contributed by atoms with Gasteiger partial charge >= 0.3 is 5.69 Å². The Bertz CT molecular complexity index is 457. The minimum absolute atomic E-state index is 0.0506. The summed E-state index contributed by atoms with van der Waals surface area (Å²) in [6.07, 6.45) is 2.47. The SMILES string of the molecule is Nc1ccn([C@@H](C=O)C[C@H](C=O)CO)c(=O)n1. The molecule has 0 fully saturated rings. The van der Waals surface area contributed by atoms with Gasteiger partial charge in [-0.2, -0.15) is 4.98 Å². The normalized spacial score (nSPS) is 13.9. The van der Waals surface area contributed by atoms with Crippen LogP contribution < -0.4 is 11.4 Å². The van der Waals surface area contributed by atoms with Crippen LogP contribution in [0.25, 0.3) is 0 Å². The zero-order chi connectivity index (χ0) is 12.8. The smallest absolute Gasteiger partial charge is 0.350 e. The maximum atomic E-state index is 11.5. The summed E-state index contributed by atoms with van der Waals surface area (Å²) in [6, 6.07) is 0.546. The molecular weight excluding hydrogens is 226 g/mol. The number of carbonyl (C=O) groups is 2. The van der Waals surface area contributed by atoms with Gasteiger partial charge in [0.15, 0.2) is 0 Å². The zero-order valence-corrected chi connectivity index (χ0v) is 9.02. The number of nitrogen functional groups attached to an aromatic ring is 1. The van der Waals surface area contributed by atoms with Crippen LogP contribution in [-0.4, -0.2) is 33.8 Å². The summed E-state index contributed by atoms with van der Waals surface area (Å²) < 4.78 is 1.08. The van der Waals surface area contributed by atoms with E-state index in [0.29, 0.717) is 12.6 Å². The fraction of sp³-hybridized carbons (Fsp3) is 0.400. The van der Waals surface area contributed by atoms with Gasteiger partial charge in [-0.3, -0.25) is 4.57 Å². The first kappa shape index (κ1) is 13.0. The molecular formula is C10H13N3O4. The van der Waals surface area contributed by atoms with E-state index < -0.39 is 17.6 Å². The predicted molar refractivity (Wildman–Crippen MR) is 59.3 cm³/mol. The van der Waals surface area contributed by atoms with Crippen molar-refractivity contribution in [2.75, 3.05) is 12.3 Å². The number of anilines is 1. The van der Waals surface area contributed by atoms with E-state index in [0.717, 1.165) is 4.57 Å². The van der Waals surface area contributed by atoms with Gasteiger partial charge in [-0.25, -0.2) is 4.79 Å². The Hall–Kier alpha value is -2.02. The molecule has 92 valence electrons. The molecule has 0 aliphatic carbocycles. The highest BCUT2D eigenvalue weighted by molar-refractivity contribution is 5.59. The van der Waals surface area contributed by atoms with Gasteiger partial charge in [0.1, 0.15) is 18.4 Å². The largest absolute Gasteiger partial charge is 0.396 e. The molecule has 0 amide bonds. The summed E-state index contributed by atoms with van der Waals surface area (Å²) in [5.74, 6) is -0.625. The first-order valence-electron chi connectivity index (χ1n) is 4.98. The van der Waals surface area contributed by atoms with Gasteiger partial charge in [0.25, 0.3) is 0 Å². The minimum atomic E-state index is -0.835. The maximum absolute atomic E-state index is 11.5. The van der Waals surface area contributed by atoms with E-state index in [1.54, 1.807) is 0 Å². The second kappa shape index (κ2) is 5.90. The molecule has 0 aromatic carbocycles. The van der Waals surface area contributed by atoms with Gasteiger partial charge in [-0.15, -0.1) is 0 Å². The molecule has 1 rings (SSSR count). The molecule has 3 N–H and O–H groups in total. The van der Waals surface area contributed by atoms with Crippen LogP contribution in [0.5, 0.6) is 0 Å². The van der Waals surface area contributed by atoms with Crippen molar-refractivity contribution < 1.29 is 14.7 Å². The highest BCUT2D eigenvalue weighted by atomic mass is 16.3. The molecule has 0 unspecified atom stereocenters. The minimum Gasteiger partial charge on any atom is -0.396 e. The Morgan fingerprint density at radius 2 is 2.18 bits per heavy atom. The van der Waals surface area contributed by atoms with Gasteiger partial charge in [0.2, 0.25) is 0 Å². The quantitative estimate of drug-likeness (QED) is 0.600. The standard InChI is InChI=1S/C10H13N3O4/c11-9-1-2-13(10(17)12-9)8(6-16)3-7(4-14)5-15/h1-2,4,6-8,15H,3,5H2,(H2,11,12,17)/t7-,8-/m1/s1. The monoisotopic (exact) mass is 239 g/mol. The molecule has 0 aliphatic rings. The molecule has 2 atom stereocenters. The Labute approximate surface area is 96.9 Å². The highest BCUT2D eigenvalue weighted by Crippen LogP contribution is 2.12. The van der Waals surface area contributed by atoms with Crippen LogP contribution in [0.3, 0.4) is 0 Å². The van der Waals surface area contributed by atoms with Gasteiger partial charge in [0, 0.05) is 12.1 Å². The van der Waals surface area contributed by atoms with Crippen LogP contribution in [0, 0.1) is 5.92 Å². The van der Waals surface area contributed by atoms with Gasteiger partial charge in [0.05, 0.1) is 12.6 Å². The van der Waals surface area contributed by atoms with Crippen molar-refractivity contribution in [3.63, 3.8) is 0 Å². The third-order valence-electron chi connectivity index (χ3n) is 2.34. The van der Waals surface area contributed by atoms with Crippen molar-refractivity contribution in [1.29, 1.82) is 0 Å². The average Bonchev–Trinajstić information content (AvgIpc) is 2.32. The van der Waals surface area contributed by atoms with Crippen LogP contribution in [0.1, 0.15) is 12.5 Å². The number of aliphatic hydroxyl groups excluding tert-OH is 1. The van der Waals surface area contributed by atoms with E-state index in [2.05, 4.69) is 4.98 Å². The van der Waals surface area contributed by atoms with Crippen molar-refractivity contribution in [1.82, 2.24) is 9.55 Å². The van der Waals surface area contributed by atoms with E-state index in [1.807, 2.05) is 0 Å². The van der Waals surface area contributed by atoms with E-state index >= 15 is 0 Å². The molecule has 7 nitrogen and oxygen atoms in total. The summed E-state index contributed by atoms with van der Waals surface area (Å²) in [5, 5.41) is 8.86. The second-order valence-electron chi connectivity index (χ2n) is 3.56. The van der Waals surface area contributed by atoms with Crippen molar-refractivity contribution in [3.05, 3.63) is 22.7 Å². The molecule has 0 radical (unpaired) electrons. The van der Waals surface area contributed by atoms with Crippen molar-refractivity contribution in [3.8, 4) is 0 Å². The van der Waals surface area contributed by atoms with Gasteiger partial charge in [-0.1, -0.05) is 0 Å². The lowest BCUT2D eigenvalue weighted by atomic mass is 10.0. The van der Waals surface area contributed by atoms with Crippen LogP contribution >= 0.6 is 0 Å². The topological polar surface area (TPSA) is 115 Å². The average molecular weight is 239 g/mol. The molecule has 0 saturated heterocycles. The van der Waals surface area contributed by atoms with Gasteiger partial charge in [-0.05, 0) is 12.5 Å². The number of hydrogen-bond donors (Lipinski definition) is 2. The summed E-state index contributed by atoms with van der Waals surface area (Å²) in [5.41, 5.74) is 4.65. The van der Waals surface area contributed by atoms with E-state index in [4.69, 9.17) is 10.8 Å². The van der Waals surface area contributed by atoms with Crippen LogP contribution in [0.15, 0.2) is 17.1 Å². The van der Waals surface area contributed by atoms with Crippen molar-refractivity contribution >= 4 is 18.4 Å². The van der Waals surface area contributed by atoms with Crippen molar-refractivity contribution in [2.45, 2.75) is 12.5 Å². The van der Waals surface area contributed by atoms with Gasteiger partial charge < -0.3 is 20.4 Å². The number of aldehydes is 2. The van der Waals surface area contributed by atoms with Crippen LogP contribution in [-0.2, 0) is 9.59 Å².